The van der Waals surface area contributed by atoms with Crippen LogP contribution in [-0.4, -0.2) is 39.9 Å². The van der Waals surface area contributed by atoms with E-state index < -0.39 is 18.1 Å². The minimum atomic E-state index is -0.892. The van der Waals surface area contributed by atoms with Crippen molar-refractivity contribution in [3.63, 3.8) is 0 Å². The average Bonchev–Trinajstić information content (AvgIpc) is 2.93. The minimum Gasteiger partial charge on any atom is -0.392 e. The second-order valence-electron chi connectivity index (χ2n) is 9.84. The van der Waals surface area contributed by atoms with E-state index in [0.29, 0.717) is 18.7 Å². The molecule has 5 aromatic carbocycles. The molecule has 3 atom stereocenters. The summed E-state index contributed by atoms with van der Waals surface area (Å²) in [5.74, 6) is -0.507. The predicted octanol–water partition coefficient (Wildman–Crippen LogP) is 5.80. The average molecular weight is 492 g/mol. The van der Waals surface area contributed by atoms with Crippen LogP contribution in [0.1, 0.15) is 34.3 Å². The zero-order valence-corrected chi connectivity index (χ0v) is 21.0. The standard InChI is InChI=1S/C33H33NO3/c1-34(20-30-28-13-7-5-11-26(28)19-27-12-6-8-14-29(27)30)21-31(36)32(24-9-3-2-4-10-24)33(37)25-17-15-23(22-35)16-18-25/h2-19,31-33,35-37H,20-22H2,1H3. The normalized spacial score (nSPS) is 14.2. The van der Waals surface area contributed by atoms with Crippen LogP contribution < -0.4 is 0 Å². The summed E-state index contributed by atoms with van der Waals surface area (Å²) in [7, 11) is 2.02. The molecule has 4 nitrogen and oxygen atoms in total. The molecule has 0 bridgehead atoms. The number of aliphatic hydroxyl groups excluding tert-OH is 3. The highest BCUT2D eigenvalue weighted by molar-refractivity contribution is 6.02. The van der Waals surface area contributed by atoms with Crippen LogP contribution in [0.15, 0.2) is 109 Å². The Morgan fingerprint density at radius 1 is 0.676 bits per heavy atom. The molecule has 0 saturated heterocycles. The van der Waals surface area contributed by atoms with Gasteiger partial charge in [0, 0.05) is 19.0 Å². The molecule has 37 heavy (non-hydrogen) atoms. The van der Waals surface area contributed by atoms with Crippen molar-refractivity contribution in [2.24, 2.45) is 0 Å². The molecule has 0 heterocycles. The van der Waals surface area contributed by atoms with Gasteiger partial charge in [-0.25, -0.2) is 0 Å². The molecule has 0 aliphatic carbocycles. The lowest BCUT2D eigenvalue weighted by Crippen LogP contribution is -2.35. The van der Waals surface area contributed by atoms with Gasteiger partial charge >= 0.3 is 0 Å². The summed E-state index contributed by atoms with van der Waals surface area (Å²) < 4.78 is 0. The third-order valence-electron chi connectivity index (χ3n) is 7.25. The highest BCUT2D eigenvalue weighted by atomic mass is 16.3. The number of hydrogen-bond acceptors (Lipinski definition) is 4. The summed E-state index contributed by atoms with van der Waals surface area (Å²) in [5.41, 5.74) is 3.63. The summed E-state index contributed by atoms with van der Waals surface area (Å²) in [6, 6.07) is 36.1. The lowest BCUT2D eigenvalue weighted by Gasteiger charge is -2.31. The van der Waals surface area contributed by atoms with Crippen molar-refractivity contribution >= 4 is 21.5 Å². The van der Waals surface area contributed by atoms with Crippen molar-refractivity contribution in [2.75, 3.05) is 13.6 Å². The van der Waals surface area contributed by atoms with Crippen LogP contribution in [0.5, 0.6) is 0 Å². The fourth-order valence-corrected chi connectivity index (χ4v) is 5.36. The fourth-order valence-electron chi connectivity index (χ4n) is 5.36. The van der Waals surface area contributed by atoms with E-state index in [1.807, 2.05) is 61.6 Å². The number of fused-ring (bicyclic) bond motifs is 2. The first-order valence-electron chi connectivity index (χ1n) is 12.7. The SMILES string of the molecule is CN(Cc1c2ccccc2cc2ccccc12)CC(O)C(c1ccccc1)C(O)c1ccc(CO)cc1. The zero-order chi connectivity index (χ0) is 25.8. The van der Waals surface area contributed by atoms with Crippen LogP contribution in [0.2, 0.25) is 0 Å². The molecule has 0 saturated carbocycles. The lowest BCUT2D eigenvalue weighted by atomic mass is 9.84. The Labute approximate surface area is 218 Å². The molecule has 3 unspecified atom stereocenters. The molecule has 0 amide bonds. The first kappa shape index (κ1) is 25.1. The summed E-state index contributed by atoms with van der Waals surface area (Å²) in [4.78, 5) is 2.14. The van der Waals surface area contributed by atoms with Gasteiger partial charge in [-0.2, -0.15) is 0 Å². The lowest BCUT2D eigenvalue weighted by molar-refractivity contribution is 0.0327. The van der Waals surface area contributed by atoms with Crippen LogP contribution in [0, 0.1) is 0 Å². The van der Waals surface area contributed by atoms with Gasteiger partial charge in [0.2, 0.25) is 0 Å². The van der Waals surface area contributed by atoms with E-state index in [9.17, 15) is 15.3 Å². The maximum absolute atomic E-state index is 11.5. The second kappa shape index (κ2) is 11.2. The van der Waals surface area contributed by atoms with E-state index >= 15 is 0 Å². The largest absolute Gasteiger partial charge is 0.392 e. The van der Waals surface area contributed by atoms with Crippen molar-refractivity contribution in [1.82, 2.24) is 4.90 Å². The van der Waals surface area contributed by atoms with E-state index in [1.165, 1.54) is 27.1 Å². The topological polar surface area (TPSA) is 63.9 Å². The van der Waals surface area contributed by atoms with Crippen molar-refractivity contribution in [3.8, 4) is 0 Å². The van der Waals surface area contributed by atoms with Crippen LogP contribution >= 0.6 is 0 Å². The van der Waals surface area contributed by atoms with Gasteiger partial charge in [0.25, 0.3) is 0 Å². The van der Waals surface area contributed by atoms with Gasteiger partial charge in [-0.3, -0.25) is 4.90 Å². The molecule has 0 fully saturated rings. The Balaban J connectivity index is 1.43. The highest BCUT2D eigenvalue weighted by Crippen LogP contribution is 2.35. The van der Waals surface area contributed by atoms with Crippen LogP contribution in [-0.2, 0) is 13.2 Å². The summed E-state index contributed by atoms with van der Waals surface area (Å²) in [5, 5.41) is 37.2. The molecule has 5 rings (SSSR count). The van der Waals surface area contributed by atoms with Gasteiger partial charge in [0.15, 0.2) is 0 Å². The highest BCUT2D eigenvalue weighted by Gasteiger charge is 2.30. The minimum absolute atomic E-state index is 0.0469. The summed E-state index contributed by atoms with van der Waals surface area (Å²) >= 11 is 0. The Morgan fingerprint density at radius 2 is 1.24 bits per heavy atom. The van der Waals surface area contributed by atoms with Crippen molar-refractivity contribution in [3.05, 3.63) is 131 Å². The van der Waals surface area contributed by atoms with Gasteiger partial charge in [0.05, 0.1) is 18.8 Å². The van der Waals surface area contributed by atoms with Gasteiger partial charge in [-0.05, 0) is 56.9 Å². The van der Waals surface area contributed by atoms with Gasteiger partial charge in [-0.15, -0.1) is 0 Å². The third kappa shape index (κ3) is 5.43. The molecule has 188 valence electrons. The van der Waals surface area contributed by atoms with E-state index in [1.54, 1.807) is 0 Å². The first-order chi connectivity index (χ1) is 18.0. The van der Waals surface area contributed by atoms with Gasteiger partial charge in [0.1, 0.15) is 0 Å². The molecule has 0 aromatic heterocycles. The third-order valence-corrected chi connectivity index (χ3v) is 7.25. The quantitative estimate of drug-likeness (QED) is 0.228. The molecule has 0 aliphatic heterocycles. The van der Waals surface area contributed by atoms with E-state index in [2.05, 4.69) is 59.5 Å². The number of benzene rings is 5. The Hall–Kier alpha value is -3.54. The molecule has 0 spiro atoms. The number of likely N-dealkylation sites (N-methyl/N-ethyl adjacent to an activating group) is 1. The van der Waals surface area contributed by atoms with Crippen molar-refractivity contribution < 1.29 is 15.3 Å². The maximum atomic E-state index is 11.5. The van der Waals surface area contributed by atoms with E-state index in [-0.39, 0.29) is 6.61 Å². The van der Waals surface area contributed by atoms with E-state index in [4.69, 9.17) is 0 Å². The number of aliphatic hydroxyl groups is 3. The molecule has 4 heteroatoms. The van der Waals surface area contributed by atoms with Crippen LogP contribution in [0.3, 0.4) is 0 Å². The van der Waals surface area contributed by atoms with Gasteiger partial charge in [-0.1, -0.05) is 103 Å². The fraction of sp³-hybridized carbons (Fsp3) is 0.212. The van der Waals surface area contributed by atoms with Crippen molar-refractivity contribution in [2.45, 2.75) is 31.3 Å². The number of rotatable bonds is 9. The maximum Gasteiger partial charge on any atom is 0.0883 e. The Bertz CT molecular complexity index is 1410. The smallest absolute Gasteiger partial charge is 0.0883 e. The Morgan fingerprint density at radius 3 is 1.84 bits per heavy atom. The van der Waals surface area contributed by atoms with Gasteiger partial charge < -0.3 is 15.3 Å². The molecule has 5 aromatic rings. The molecule has 0 radical (unpaired) electrons. The Kier molecular flexibility index (Phi) is 7.63. The summed E-state index contributed by atoms with van der Waals surface area (Å²) in [6.45, 7) is 1.01. The summed E-state index contributed by atoms with van der Waals surface area (Å²) in [6.07, 6.45) is -1.70. The molecule has 0 aliphatic rings. The molecule has 3 N–H and O–H groups in total. The van der Waals surface area contributed by atoms with Crippen LogP contribution in [0.4, 0.5) is 0 Å². The first-order valence-corrected chi connectivity index (χ1v) is 12.7. The van der Waals surface area contributed by atoms with Crippen molar-refractivity contribution in [1.29, 1.82) is 0 Å². The zero-order valence-electron chi connectivity index (χ0n) is 21.0. The predicted molar refractivity (Wildman–Crippen MR) is 150 cm³/mol. The molecular weight excluding hydrogens is 458 g/mol. The molecular formula is C33H33NO3. The van der Waals surface area contributed by atoms with E-state index in [0.717, 1.165) is 11.1 Å². The second-order valence-corrected chi connectivity index (χ2v) is 9.84. The number of hydrogen-bond donors (Lipinski definition) is 3. The number of nitrogens with zero attached hydrogens (tertiary/aromatic N) is 1. The monoisotopic (exact) mass is 491 g/mol. The van der Waals surface area contributed by atoms with Crippen LogP contribution in [0.25, 0.3) is 21.5 Å².